The largest absolute Gasteiger partial charge is 0.298 e. The van der Waals surface area contributed by atoms with E-state index in [1.54, 1.807) is 0 Å². The van der Waals surface area contributed by atoms with E-state index < -0.39 is 0 Å². The maximum atomic E-state index is 4.40. The minimum atomic E-state index is 0.305. The zero-order valence-corrected chi connectivity index (χ0v) is 15.8. The molecule has 1 aliphatic carbocycles. The Kier molecular flexibility index (Phi) is 5.60. The third kappa shape index (κ3) is 3.81. The van der Waals surface area contributed by atoms with Crippen molar-refractivity contribution >= 4 is 0 Å². The van der Waals surface area contributed by atoms with Gasteiger partial charge in [0, 0.05) is 32.2 Å². The van der Waals surface area contributed by atoms with Gasteiger partial charge in [-0.1, -0.05) is 50.1 Å². The van der Waals surface area contributed by atoms with Crippen LogP contribution in [0.1, 0.15) is 56.5 Å². The molecule has 1 aromatic carbocycles. The highest BCUT2D eigenvalue weighted by Gasteiger charge is 2.31. The molecule has 2 aliphatic rings. The first-order chi connectivity index (χ1) is 12.8. The molecule has 140 valence electrons. The van der Waals surface area contributed by atoms with E-state index >= 15 is 0 Å². The van der Waals surface area contributed by atoms with Gasteiger partial charge in [0.25, 0.3) is 0 Å². The number of piperazine rings is 1. The molecule has 1 aliphatic heterocycles. The van der Waals surface area contributed by atoms with Crippen LogP contribution in [0, 0.1) is 0 Å². The SMILES string of the molecule is CCC(c1nnnn1Cc1ccccc1)N1CCN(C2CCCC2)CC1. The van der Waals surface area contributed by atoms with Crippen LogP contribution >= 0.6 is 0 Å². The van der Waals surface area contributed by atoms with Gasteiger partial charge in [-0.3, -0.25) is 9.80 Å². The predicted octanol–water partition coefficient (Wildman–Crippen LogP) is 2.73. The van der Waals surface area contributed by atoms with E-state index in [2.05, 4.69) is 56.5 Å². The lowest BCUT2D eigenvalue weighted by atomic mass is 10.1. The number of aromatic nitrogens is 4. The standard InChI is InChI=1S/C20H30N6/c1-2-19(25-14-12-24(13-15-25)18-10-6-7-11-18)20-21-22-23-26(20)16-17-8-4-3-5-9-17/h3-5,8-9,18-19H,2,6-7,10-16H2,1H3. The van der Waals surface area contributed by atoms with Crippen LogP contribution in [0.25, 0.3) is 0 Å². The monoisotopic (exact) mass is 354 g/mol. The summed E-state index contributed by atoms with van der Waals surface area (Å²) in [6.45, 7) is 7.58. The number of rotatable bonds is 6. The van der Waals surface area contributed by atoms with Crippen molar-refractivity contribution in [2.45, 2.75) is 57.7 Å². The molecule has 0 spiro atoms. The lowest BCUT2D eigenvalue weighted by Crippen LogP contribution is -2.50. The lowest BCUT2D eigenvalue weighted by molar-refractivity contribution is 0.0646. The first kappa shape index (κ1) is 17.6. The van der Waals surface area contributed by atoms with E-state index in [1.165, 1.54) is 44.3 Å². The fourth-order valence-corrected chi connectivity index (χ4v) is 4.61. The van der Waals surface area contributed by atoms with E-state index in [0.717, 1.165) is 37.9 Å². The molecular weight excluding hydrogens is 324 g/mol. The molecule has 26 heavy (non-hydrogen) atoms. The molecule has 4 rings (SSSR count). The van der Waals surface area contributed by atoms with Gasteiger partial charge in [-0.15, -0.1) is 5.10 Å². The Hall–Kier alpha value is -1.79. The van der Waals surface area contributed by atoms with Gasteiger partial charge in [0.1, 0.15) is 0 Å². The van der Waals surface area contributed by atoms with Gasteiger partial charge < -0.3 is 0 Å². The van der Waals surface area contributed by atoms with Crippen LogP contribution in [0.2, 0.25) is 0 Å². The normalized spacial score (nSPS) is 21.3. The summed E-state index contributed by atoms with van der Waals surface area (Å²) in [7, 11) is 0. The number of hydrogen-bond donors (Lipinski definition) is 0. The van der Waals surface area contributed by atoms with E-state index in [0.29, 0.717) is 6.04 Å². The van der Waals surface area contributed by atoms with Crippen LogP contribution < -0.4 is 0 Å². The number of hydrogen-bond acceptors (Lipinski definition) is 5. The topological polar surface area (TPSA) is 50.1 Å². The van der Waals surface area contributed by atoms with Crippen molar-refractivity contribution in [1.29, 1.82) is 0 Å². The van der Waals surface area contributed by atoms with E-state index in [4.69, 9.17) is 0 Å². The zero-order valence-electron chi connectivity index (χ0n) is 15.8. The van der Waals surface area contributed by atoms with Crippen molar-refractivity contribution < 1.29 is 0 Å². The summed E-state index contributed by atoms with van der Waals surface area (Å²) in [5.74, 6) is 1.01. The van der Waals surface area contributed by atoms with E-state index in [-0.39, 0.29) is 0 Å². The Morgan fingerprint density at radius 1 is 1.04 bits per heavy atom. The fourth-order valence-electron chi connectivity index (χ4n) is 4.61. The molecular formula is C20H30N6. The highest BCUT2D eigenvalue weighted by molar-refractivity contribution is 5.15. The van der Waals surface area contributed by atoms with Crippen LogP contribution in [0.4, 0.5) is 0 Å². The Morgan fingerprint density at radius 2 is 1.77 bits per heavy atom. The fraction of sp³-hybridized carbons (Fsp3) is 0.650. The maximum absolute atomic E-state index is 4.40. The van der Waals surface area contributed by atoms with Crippen molar-refractivity contribution in [2.24, 2.45) is 0 Å². The second-order valence-electron chi connectivity index (χ2n) is 7.61. The summed E-state index contributed by atoms with van der Waals surface area (Å²) >= 11 is 0. The molecule has 2 heterocycles. The van der Waals surface area contributed by atoms with Crippen LogP contribution in [0.15, 0.2) is 30.3 Å². The maximum Gasteiger partial charge on any atom is 0.168 e. The first-order valence-electron chi connectivity index (χ1n) is 10.1. The first-order valence-corrected chi connectivity index (χ1v) is 10.1. The lowest BCUT2D eigenvalue weighted by Gasteiger charge is -2.40. The molecule has 1 unspecified atom stereocenters. The number of benzene rings is 1. The molecule has 0 bridgehead atoms. The van der Waals surface area contributed by atoms with Crippen LogP contribution in [0.5, 0.6) is 0 Å². The summed E-state index contributed by atoms with van der Waals surface area (Å²) in [5, 5.41) is 12.7. The third-order valence-corrected chi connectivity index (χ3v) is 6.05. The second kappa shape index (κ2) is 8.27. The molecule has 1 aromatic heterocycles. The number of tetrazole rings is 1. The number of nitrogens with zero attached hydrogens (tertiary/aromatic N) is 6. The molecule has 1 atom stereocenters. The molecule has 2 aromatic rings. The van der Waals surface area contributed by atoms with Crippen molar-refractivity contribution in [3.63, 3.8) is 0 Å². The highest BCUT2D eigenvalue weighted by Crippen LogP contribution is 2.28. The Balaban J connectivity index is 1.42. The van der Waals surface area contributed by atoms with Crippen molar-refractivity contribution in [1.82, 2.24) is 30.0 Å². The summed E-state index contributed by atoms with van der Waals surface area (Å²) in [5.41, 5.74) is 1.24. The molecule has 0 amide bonds. The molecule has 1 saturated heterocycles. The highest BCUT2D eigenvalue weighted by atomic mass is 15.6. The van der Waals surface area contributed by atoms with Gasteiger partial charge in [0.2, 0.25) is 0 Å². The van der Waals surface area contributed by atoms with E-state index in [9.17, 15) is 0 Å². The van der Waals surface area contributed by atoms with Crippen molar-refractivity contribution in [2.75, 3.05) is 26.2 Å². The minimum Gasteiger partial charge on any atom is -0.298 e. The smallest absolute Gasteiger partial charge is 0.168 e. The van der Waals surface area contributed by atoms with Crippen LogP contribution in [-0.4, -0.2) is 62.2 Å². The van der Waals surface area contributed by atoms with Crippen LogP contribution in [0.3, 0.4) is 0 Å². The quantitative estimate of drug-likeness (QED) is 0.798. The van der Waals surface area contributed by atoms with Gasteiger partial charge in [-0.2, -0.15) is 0 Å². The summed E-state index contributed by atoms with van der Waals surface area (Å²) in [6, 6.07) is 11.6. The summed E-state index contributed by atoms with van der Waals surface area (Å²) < 4.78 is 1.98. The van der Waals surface area contributed by atoms with Crippen molar-refractivity contribution in [3.8, 4) is 0 Å². The average molecular weight is 355 g/mol. The van der Waals surface area contributed by atoms with Crippen molar-refractivity contribution in [3.05, 3.63) is 41.7 Å². The summed E-state index contributed by atoms with van der Waals surface area (Å²) in [4.78, 5) is 5.29. The molecule has 0 N–H and O–H groups in total. The van der Waals surface area contributed by atoms with Gasteiger partial charge in [-0.05, 0) is 35.3 Å². The van der Waals surface area contributed by atoms with Gasteiger partial charge >= 0.3 is 0 Å². The minimum absolute atomic E-state index is 0.305. The molecule has 0 radical (unpaired) electrons. The van der Waals surface area contributed by atoms with Gasteiger partial charge in [-0.25, -0.2) is 4.68 Å². The average Bonchev–Trinajstić information content (AvgIpc) is 3.37. The predicted molar refractivity (Wildman–Crippen MR) is 102 cm³/mol. The van der Waals surface area contributed by atoms with Gasteiger partial charge in [0.05, 0.1) is 12.6 Å². The molecule has 6 nitrogen and oxygen atoms in total. The Labute approximate surface area is 156 Å². The zero-order chi connectivity index (χ0) is 17.8. The third-order valence-electron chi connectivity index (χ3n) is 6.05. The van der Waals surface area contributed by atoms with E-state index in [1.807, 2.05) is 10.7 Å². The molecule has 2 fully saturated rings. The van der Waals surface area contributed by atoms with Crippen LogP contribution in [-0.2, 0) is 6.54 Å². The summed E-state index contributed by atoms with van der Waals surface area (Å²) in [6.07, 6.45) is 6.66. The Morgan fingerprint density at radius 3 is 2.46 bits per heavy atom. The Bertz CT molecular complexity index is 671. The second-order valence-corrected chi connectivity index (χ2v) is 7.61. The molecule has 1 saturated carbocycles. The van der Waals surface area contributed by atoms with Gasteiger partial charge in [0.15, 0.2) is 5.82 Å². The molecule has 6 heteroatoms.